The topological polar surface area (TPSA) is 87.2 Å². The maximum absolute atomic E-state index is 12.4. The van der Waals surface area contributed by atoms with Gasteiger partial charge in [0.15, 0.2) is 0 Å². The van der Waals surface area contributed by atoms with Gasteiger partial charge in [0.2, 0.25) is 5.91 Å². The predicted molar refractivity (Wildman–Crippen MR) is 108 cm³/mol. The fourth-order valence-electron chi connectivity index (χ4n) is 3.61. The molecule has 1 aliphatic rings. The van der Waals surface area contributed by atoms with Gasteiger partial charge in [0.05, 0.1) is 11.0 Å². The molecule has 1 fully saturated rings. The highest BCUT2D eigenvalue weighted by atomic mass is 16.2. The zero-order chi connectivity index (χ0) is 19.5. The van der Waals surface area contributed by atoms with E-state index in [-0.39, 0.29) is 17.5 Å². The molecule has 2 heterocycles. The number of para-hydroxylation sites is 2. The summed E-state index contributed by atoms with van der Waals surface area (Å²) in [5, 5.41) is 2.89. The molecule has 1 aromatic heterocycles. The average Bonchev–Trinajstić information content (AvgIpc) is 3.27. The summed E-state index contributed by atoms with van der Waals surface area (Å²) in [7, 11) is 0. The molecular formula is C21H22N4O3. The van der Waals surface area contributed by atoms with E-state index in [4.69, 9.17) is 0 Å². The summed E-state index contributed by atoms with van der Waals surface area (Å²) in [4.78, 5) is 41.0. The predicted octanol–water partition coefficient (Wildman–Crippen LogP) is 2.28. The molecule has 28 heavy (non-hydrogen) atoms. The third kappa shape index (κ3) is 3.55. The largest absolute Gasteiger partial charge is 0.352 e. The van der Waals surface area contributed by atoms with Gasteiger partial charge in [-0.25, -0.2) is 4.79 Å². The number of aromatic amines is 1. The van der Waals surface area contributed by atoms with Crippen molar-refractivity contribution in [3.8, 4) is 0 Å². The van der Waals surface area contributed by atoms with Gasteiger partial charge in [0, 0.05) is 37.3 Å². The molecule has 144 valence electrons. The molecule has 0 unspecified atom stereocenters. The van der Waals surface area contributed by atoms with Crippen LogP contribution in [0.25, 0.3) is 11.0 Å². The fraction of sp³-hybridized carbons (Fsp3) is 0.286. The number of fused-ring (bicyclic) bond motifs is 1. The van der Waals surface area contributed by atoms with Crippen LogP contribution >= 0.6 is 0 Å². The van der Waals surface area contributed by atoms with E-state index in [1.54, 1.807) is 27.7 Å². The Morgan fingerprint density at radius 1 is 1.11 bits per heavy atom. The number of aryl methyl sites for hydroxylation is 1. The Morgan fingerprint density at radius 2 is 1.96 bits per heavy atom. The van der Waals surface area contributed by atoms with Crippen LogP contribution in [0.15, 0.2) is 53.3 Å². The summed E-state index contributed by atoms with van der Waals surface area (Å²) in [5.41, 5.74) is 2.82. The smallest absolute Gasteiger partial charge is 0.326 e. The molecule has 0 bridgehead atoms. The lowest BCUT2D eigenvalue weighted by Crippen LogP contribution is -2.27. The molecule has 7 heteroatoms. The van der Waals surface area contributed by atoms with Crippen molar-refractivity contribution in [3.05, 3.63) is 64.6 Å². The molecule has 2 N–H and O–H groups in total. The summed E-state index contributed by atoms with van der Waals surface area (Å²) in [6.45, 7) is 1.67. The number of imidazole rings is 1. The van der Waals surface area contributed by atoms with Crippen molar-refractivity contribution < 1.29 is 9.59 Å². The van der Waals surface area contributed by atoms with Crippen LogP contribution in [0.3, 0.4) is 0 Å². The standard InChI is InChI=1S/C21H22N4O3/c26-19-10-4-12-24(19)16-7-3-6-15(14-16)20(27)22-11-5-13-25-18-9-2-1-8-17(18)23-21(25)28/h1-3,6-9,14H,4-5,10-13H2,(H,22,27)(H,23,28). The second-order valence-corrected chi connectivity index (χ2v) is 6.91. The lowest BCUT2D eigenvalue weighted by atomic mass is 10.1. The monoisotopic (exact) mass is 378 g/mol. The number of nitrogens with one attached hydrogen (secondary N) is 2. The van der Waals surface area contributed by atoms with Crippen molar-refractivity contribution in [2.75, 3.05) is 18.0 Å². The van der Waals surface area contributed by atoms with Gasteiger partial charge in [-0.05, 0) is 43.2 Å². The lowest BCUT2D eigenvalue weighted by Gasteiger charge is -2.16. The van der Waals surface area contributed by atoms with Crippen LogP contribution in [0.5, 0.6) is 0 Å². The molecule has 0 aliphatic carbocycles. The van der Waals surface area contributed by atoms with E-state index in [9.17, 15) is 14.4 Å². The van der Waals surface area contributed by atoms with Crippen LogP contribution in [-0.4, -0.2) is 34.5 Å². The summed E-state index contributed by atoms with van der Waals surface area (Å²) in [6, 6.07) is 14.7. The van der Waals surface area contributed by atoms with Gasteiger partial charge in [0.1, 0.15) is 0 Å². The van der Waals surface area contributed by atoms with E-state index in [1.807, 2.05) is 30.3 Å². The molecule has 0 spiro atoms. The van der Waals surface area contributed by atoms with E-state index in [0.29, 0.717) is 38.0 Å². The first-order valence-electron chi connectivity index (χ1n) is 9.50. The van der Waals surface area contributed by atoms with Crippen molar-refractivity contribution in [3.63, 3.8) is 0 Å². The van der Waals surface area contributed by atoms with Crippen LogP contribution in [0.2, 0.25) is 0 Å². The molecule has 0 atom stereocenters. The first-order valence-corrected chi connectivity index (χ1v) is 9.50. The van der Waals surface area contributed by atoms with Crippen molar-refractivity contribution in [2.45, 2.75) is 25.8 Å². The molecule has 7 nitrogen and oxygen atoms in total. The zero-order valence-corrected chi connectivity index (χ0v) is 15.5. The Kier molecular flexibility index (Phi) is 4.97. The minimum Gasteiger partial charge on any atom is -0.352 e. The Balaban J connectivity index is 1.35. The highest BCUT2D eigenvalue weighted by Crippen LogP contribution is 2.22. The van der Waals surface area contributed by atoms with Crippen LogP contribution in [-0.2, 0) is 11.3 Å². The summed E-state index contributed by atoms with van der Waals surface area (Å²) in [6.07, 6.45) is 2.05. The molecule has 4 rings (SSSR count). The molecule has 2 aromatic carbocycles. The Hall–Kier alpha value is -3.35. The normalized spacial score (nSPS) is 14.0. The number of carbonyl (C=O) groups is 2. The Morgan fingerprint density at radius 3 is 2.79 bits per heavy atom. The number of anilines is 1. The van der Waals surface area contributed by atoms with Crippen LogP contribution < -0.4 is 15.9 Å². The molecule has 2 amide bonds. The summed E-state index contributed by atoms with van der Waals surface area (Å²) in [5.74, 6) is -0.0819. The molecule has 1 saturated heterocycles. The minimum atomic E-state index is -0.181. The number of carbonyl (C=O) groups excluding carboxylic acids is 2. The lowest BCUT2D eigenvalue weighted by molar-refractivity contribution is -0.117. The van der Waals surface area contributed by atoms with Crippen LogP contribution in [0, 0.1) is 0 Å². The number of aromatic nitrogens is 2. The minimum absolute atomic E-state index is 0.0988. The Labute approximate surface area is 162 Å². The molecular weight excluding hydrogens is 356 g/mol. The van der Waals surface area contributed by atoms with E-state index >= 15 is 0 Å². The third-order valence-electron chi connectivity index (χ3n) is 5.02. The van der Waals surface area contributed by atoms with Crippen molar-refractivity contribution in [2.24, 2.45) is 0 Å². The van der Waals surface area contributed by atoms with Gasteiger partial charge < -0.3 is 15.2 Å². The number of rotatable bonds is 6. The van der Waals surface area contributed by atoms with E-state index in [1.165, 1.54) is 0 Å². The SMILES string of the molecule is O=C(NCCCn1c(=O)[nH]c2ccccc21)c1cccc(N2CCCC2=O)c1. The molecule has 1 aliphatic heterocycles. The van der Waals surface area contributed by atoms with E-state index in [2.05, 4.69) is 10.3 Å². The van der Waals surface area contributed by atoms with E-state index < -0.39 is 0 Å². The number of nitrogens with zero attached hydrogens (tertiary/aromatic N) is 2. The molecule has 0 saturated carbocycles. The fourth-order valence-corrected chi connectivity index (χ4v) is 3.61. The highest BCUT2D eigenvalue weighted by molar-refractivity contribution is 5.99. The quantitative estimate of drug-likeness (QED) is 0.645. The average molecular weight is 378 g/mol. The number of hydrogen-bond acceptors (Lipinski definition) is 3. The van der Waals surface area contributed by atoms with Crippen molar-refractivity contribution >= 4 is 28.5 Å². The second kappa shape index (κ2) is 7.72. The summed E-state index contributed by atoms with van der Waals surface area (Å²) < 4.78 is 1.68. The van der Waals surface area contributed by atoms with Crippen molar-refractivity contribution in [1.29, 1.82) is 0 Å². The number of amides is 2. The van der Waals surface area contributed by atoms with Crippen molar-refractivity contribution in [1.82, 2.24) is 14.9 Å². The van der Waals surface area contributed by atoms with E-state index in [0.717, 1.165) is 23.1 Å². The molecule has 3 aromatic rings. The van der Waals surface area contributed by atoms with Gasteiger partial charge in [0.25, 0.3) is 5.91 Å². The summed E-state index contributed by atoms with van der Waals surface area (Å²) >= 11 is 0. The maximum Gasteiger partial charge on any atom is 0.326 e. The molecule has 0 radical (unpaired) electrons. The Bertz CT molecular complexity index is 1080. The second-order valence-electron chi connectivity index (χ2n) is 6.91. The van der Waals surface area contributed by atoms with Gasteiger partial charge in [-0.3, -0.25) is 14.2 Å². The zero-order valence-electron chi connectivity index (χ0n) is 15.5. The number of H-pyrrole nitrogens is 1. The maximum atomic E-state index is 12.4. The van der Waals surface area contributed by atoms with Gasteiger partial charge in [-0.2, -0.15) is 0 Å². The van der Waals surface area contributed by atoms with Gasteiger partial charge in [-0.15, -0.1) is 0 Å². The highest BCUT2D eigenvalue weighted by Gasteiger charge is 2.22. The van der Waals surface area contributed by atoms with Crippen LogP contribution in [0.1, 0.15) is 29.6 Å². The van der Waals surface area contributed by atoms with Crippen LogP contribution in [0.4, 0.5) is 5.69 Å². The van der Waals surface area contributed by atoms with Gasteiger partial charge >= 0.3 is 5.69 Å². The van der Waals surface area contributed by atoms with Gasteiger partial charge in [-0.1, -0.05) is 18.2 Å². The third-order valence-corrected chi connectivity index (χ3v) is 5.02. The number of hydrogen-bond donors (Lipinski definition) is 2. The number of benzene rings is 2. The first kappa shape index (κ1) is 18.0. The first-order chi connectivity index (χ1) is 13.6.